The van der Waals surface area contributed by atoms with Crippen molar-refractivity contribution in [3.63, 3.8) is 0 Å². The number of nitrogens with one attached hydrogen (secondary N) is 1. The van der Waals surface area contributed by atoms with E-state index < -0.39 is 0 Å². The molecule has 98 valence electrons. The molecule has 18 heavy (non-hydrogen) atoms. The first kappa shape index (κ1) is 13.1. The van der Waals surface area contributed by atoms with Crippen molar-refractivity contribution < 1.29 is 4.79 Å². The quantitative estimate of drug-likeness (QED) is 0.868. The first-order chi connectivity index (χ1) is 8.58. The van der Waals surface area contributed by atoms with E-state index in [9.17, 15) is 4.79 Å². The van der Waals surface area contributed by atoms with Gasteiger partial charge in [-0.1, -0.05) is 26.0 Å². The summed E-state index contributed by atoms with van der Waals surface area (Å²) in [5, 5.41) is 3.35. The first-order valence-corrected chi connectivity index (χ1v) is 6.70. The Kier molecular flexibility index (Phi) is 4.02. The van der Waals surface area contributed by atoms with Gasteiger partial charge in [0.2, 0.25) is 0 Å². The summed E-state index contributed by atoms with van der Waals surface area (Å²) < 4.78 is 0. The SMILES string of the molecule is CC(C)c1ccc(C(=O)N2CCN[C@H](C)C2)cc1. The Morgan fingerprint density at radius 3 is 2.56 bits per heavy atom. The van der Waals surface area contributed by atoms with Gasteiger partial charge in [0.1, 0.15) is 0 Å². The van der Waals surface area contributed by atoms with Crippen LogP contribution in [0, 0.1) is 0 Å². The summed E-state index contributed by atoms with van der Waals surface area (Å²) in [4.78, 5) is 14.3. The van der Waals surface area contributed by atoms with Crippen LogP contribution in [-0.4, -0.2) is 36.5 Å². The molecule has 0 spiro atoms. The van der Waals surface area contributed by atoms with Gasteiger partial charge < -0.3 is 10.2 Å². The summed E-state index contributed by atoms with van der Waals surface area (Å²) in [6, 6.07) is 8.40. The van der Waals surface area contributed by atoms with Gasteiger partial charge in [-0.15, -0.1) is 0 Å². The highest BCUT2D eigenvalue weighted by Crippen LogP contribution is 2.16. The number of rotatable bonds is 2. The molecule has 1 saturated heterocycles. The molecule has 1 atom stereocenters. The maximum absolute atomic E-state index is 12.3. The maximum Gasteiger partial charge on any atom is 0.253 e. The molecule has 0 bridgehead atoms. The fourth-order valence-electron chi connectivity index (χ4n) is 2.31. The molecule has 0 saturated carbocycles. The molecule has 0 unspecified atom stereocenters. The molecule has 1 aliphatic rings. The number of hydrogen-bond acceptors (Lipinski definition) is 2. The highest BCUT2D eigenvalue weighted by atomic mass is 16.2. The van der Waals surface area contributed by atoms with Crippen LogP contribution in [0.1, 0.15) is 42.6 Å². The molecular weight excluding hydrogens is 224 g/mol. The van der Waals surface area contributed by atoms with E-state index in [1.807, 2.05) is 17.0 Å². The molecule has 1 N–H and O–H groups in total. The topological polar surface area (TPSA) is 32.3 Å². The lowest BCUT2D eigenvalue weighted by Crippen LogP contribution is -2.51. The molecule has 1 fully saturated rings. The average Bonchev–Trinajstić information content (AvgIpc) is 2.38. The summed E-state index contributed by atoms with van der Waals surface area (Å²) in [6.45, 7) is 8.92. The third-order valence-electron chi connectivity index (χ3n) is 3.48. The summed E-state index contributed by atoms with van der Waals surface area (Å²) in [5.41, 5.74) is 2.08. The minimum atomic E-state index is 0.152. The molecule has 2 rings (SSSR count). The van der Waals surface area contributed by atoms with Gasteiger partial charge in [0.05, 0.1) is 0 Å². The van der Waals surface area contributed by atoms with Crippen molar-refractivity contribution in [1.82, 2.24) is 10.2 Å². The predicted molar refractivity (Wildman–Crippen MR) is 73.9 cm³/mol. The lowest BCUT2D eigenvalue weighted by molar-refractivity contribution is 0.0709. The lowest BCUT2D eigenvalue weighted by atomic mass is 10.0. The molecule has 3 nitrogen and oxygen atoms in total. The minimum Gasteiger partial charge on any atom is -0.336 e. The van der Waals surface area contributed by atoms with Gasteiger partial charge in [-0.05, 0) is 30.5 Å². The van der Waals surface area contributed by atoms with Crippen LogP contribution in [0.5, 0.6) is 0 Å². The van der Waals surface area contributed by atoms with E-state index in [-0.39, 0.29) is 5.91 Å². The van der Waals surface area contributed by atoms with Gasteiger partial charge in [-0.3, -0.25) is 4.79 Å². The van der Waals surface area contributed by atoms with Crippen LogP contribution in [-0.2, 0) is 0 Å². The van der Waals surface area contributed by atoms with E-state index in [4.69, 9.17) is 0 Å². The molecule has 1 aliphatic heterocycles. The highest BCUT2D eigenvalue weighted by molar-refractivity contribution is 5.94. The van der Waals surface area contributed by atoms with Crippen molar-refractivity contribution in [2.24, 2.45) is 0 Å². The molecule has 0 radical (unpaired) electrons. The Morgan fingerprint density at radius 2 is 2.00 bits per heavy atom. The fraction of sp³-hybridized carbons (Fsp3) is 0.533. The Balaban J connectivity index is 2.08. The smallest absolute Gasteiger partial charge is 0.253 e. The largest absolute Gasteiger partial charge is 0.336 e. The Labute approximate surface area is 109 Å². The zero-order chi connectivity index (χ0) is 13.1. The van der Waals surface area contributed by atoms with Crippen LogP contribution in [0.25, 0.3) is 0 Å². The van der Waals surface area contributed by atoms with Crippen LogP contribution < -0.4 is 5.32 Å². The number of benzene rings is 1. The standard InChI is InChI=1S/C15H22N2O/c1-11(2)13-4-6-14(7-5-13)15(18)17-9-8-16-12(3)10-17/h4-7,11-12,16H,8-10H2,1-3H3/t12-/m1/s1. The lowest BCUT2D eigenvalue weighted by Gasteiger charge is -2.32. The van der Waals surface area contributed by atoms with Gasteiger partial charge in [-0.2, -0.15) is 0 Å². The van der Waals surface area contributed by atoms with E-state index >= 15 is 0 Å². The van der Waals surface area contributed by atoms with E-state index in [0.29, 0.717) is 12.0 Å². The third kappa shape index (κ3) is 2.91. The van der Waals surface area contributed by atoms with Crippen molar-refractivity contribution in [2.75, 3.05) is 19.6 Å². The van der Waals surface area contributed by atoms with Gasteiger partial charge in [-0.25, -0.2) is 0 Å². The predicted octanol–water partition coefficient (Wildman–Crippen LogP) is 2.24. The van der Waals surface area contributed by atoms with Gasteiger partial charge in [0, 0.05) is 31.2 Å². The molecule has 1 aromatic carbocycles. The molecular formula is C15H22N2O. The molecule has 1 amide bonds. The van der Waals surface area contributed by atoms with E-state index in [1.165, 1.54) is 5.56 Å². The van der Waals surface area contributed by atoms with Gasteiger partial charge >= 0.3 is 0 Å². The fourth-order valence-corrected chi connectivity index (χ4v) is 2.31. The summed E-state index contributed by atoms with van der Waals surface area (Å²) in [7, 11) is 0. The van der Waals surface area contributed by atoms with Crippen LogP contribution in [0.3, 0.4) is 0 Å². The number of hydrogen-bond donors (Lipinski definition) is 1. The number of carbonyl (C=O) groups excluding carboxylic acids is 1. The number of amides is 1. The first-order valence-electron chi connectivity index (χ1n) is 6.70. The molecule has 1 aromatic rings. The molecule has 0 aliphatic carbocycles. The molecule has 0 aromatic heterocycles. The zero-order valence-electron chi connectivity index (χ0n) is 11.4. The van der Waals surface area contributed by atoms with Gasteiger partial charge in [0.25, 0.3) is 5.91 Å². The number of piperazine rings is 1. The van der Waals surface area contributed by atoms with Crippen LogP contribution in [0.15, 0.2) is 24.3 Å². The molecule has 1 heterocycles. The molecule has 3 heteroatoms. The Bertz CT molecular complexity index is 411. The van der Waals surface area contributed by atoms with Crippen LogP contribution in [0.2, 0.25) is 0 Å². The van der Waals surface area contributed by atoms with E-state index in [2.05, 4.69) is 38.2 Å². The van der Waals surface area contributed by atoms with E-state index in [1.54, 1.807) is 0 Å². The van der Waals surface area contributed by atoms with Crippen molar-refractivity contribution in [3.8, 4) is 0 Å². The number of nitrogens with zero attached hydrogens (tertiary/aromatic N) is 1. The van der Waals surface area contributed by atoms with Crippen molar-refractivity contribution >= 4 is 5.91 Å². The second-order valence-electron chi connectivity index (χ2n) is 5.38. The second kappa shape index (κ2) is 5.53. The third-order valence-corrected chi connectivity index (χ3v) is 3.48. The van der Waals surface area contributed by atoms with Crippen LogP contribution in [0.4, 0.5) is 0 Å². The second-order valence-corrected chi connectivity index (χ2v) is 5.38. The Hall–Kier alpha value is -1.35. The summed E-state index contributed by atoms with van der Waals surface area (Å²) in [5.74, 6) is 0.659. The average molecular weight is 246 g/mol. The zero-order valence-corrected chi connectivity index (χ0v) is 11.4. The maximum atomic E-state index is 12.3. The Morgan fingerprint density at radius 1 is 1.33 bits per heavy atom. The highest BCUT2D eigenvalue weighted by Gasteiger charge is 2.21. The monoisotopic (exact) mass is 246 g/mol. The van der Waals surface area contributed by atoms with Gasteiger partial charge in [0.15, 0.2) is 0 Å². The van der Waals surface area contributed by atoms with Crippen molar-refractivity contribution in [1.29, 1.82) is 0 Å². The normalized spacial score (nSPS) is 20.2. The summed E-state index contributed by atoms with van der Waals surface area (Å²) >= 11 is 0. The van der Waals surface area contributed by atoms with Crippen molar-refractivity contribution in [3.05, 3.63) is 35.4 Å². The summed E-state index contributed by atoms with van der Waals surface area (Å²) in [6.07, 6.45) is 0. The minimum absolute atomic E-state index is 0.152. The number of carbonyl (C=O) groups is 1. The van der Waals surface area contributed by atoms with Crippen LogP contribution >= 0.6 is 0 Å². The van der Waals surface area contributed by atoms with Crippen molar-refractivity contribution in [2.45, 2.75) is 32.7 Å². The van der Waals surface area contributed by atoms with E-state index in [0.717, 1.165) is 25.2 Å².